The van der Waals surface area contributed by atoms with E-state index in [0.717, 1.165) is 25.7 Å². The molecule has 4 atom stereocenters. The van der Waals surface area contributed by atoms with E-state index >= 15 is 0 Å². The van der Waals surface area contributed by atoms with E-state index in [9.17, 15) is 25.3 Å². The predicted octanol–water partition coefficient (Wildman–Crippen LogP) is 0.397. The number of aliphatic hydroxyl groups excluding tert-OH is 4. The third-order valence-corrected chi connectivity index (χ3v) is 5.67. The molecule has 5 N–H and O–H groups in total. The van der Waals surface area contributed by atoms with Crippen LogP contribution in [-0.4, -0.2) is 90.9 Å². The molecule has 11 nitrogen and oxygen atoms in total. The molecule has 0 spiro atoms. The predicted molar refractivity (Wildman–Crippen MR) is 114 cm³/mol. The van der Waals surface area contributed by atoms with Crippen LogP contribution >= 0.6 is 0 Å². The number of hydrogen-bond donors (Lipinski definition) is 5. The van der Waals surface area contributed by atoms with Gasteiger partial charge < -0.3 is 25.7 Å². The number of nitroso groups, excluding NO2 is 1. The maximum absolute atomic E-state index is 11.2. The van der Waals surface area contributed by atoms with Gasteiger partial charge in [-0.2, -0.15) is 0 Å². The minimum absolute atomic E-state index is 0.233. The number of nitrogens with zero attached hydrogens (tertiary/aromatic N) is 5. The number of rotatable bonds is 11. The third kappa shape index (κ3) is 5.83. The molecule has 0 unspecified atom stereocenters. The number of benzene rings is 1. The molecule has 1 aromatic heterocycles. The van der Waals surface area contributed by atoms with E-state index in [4.69, 9.17) is 0 Å². The van der Waals surface area contributed by atoms with Gasteiger partial charge in [0.25, 0.3) is 0 Å². The molecular weight excluding hydrogens is 404 g/mol. The van der Waals surface area contributed by atoms with Crippen molar-refractivity contribution in [1.29, 1.82) is 0 Å². The van der Waals surface area contributed by atoms with Crippen molar-refractivity contribution in [2.24, 2.45) is 5.18 Å². The summed E-state index contributed by atoms with van der Waals surface area (Å²) in [5, 5.41) is 53.1. The van der Waals surface area contributed by atoms with Crippen molar-refractivity contribution in [3.05, 3.63) is 35.5 Å². The molecule has 0 aliphatic carbocycles. The second-order valence-corrected chi connectivity index (χ2v) is 7.77. The van der Waals surface area contributed by atoms with Crippen molar-refractivity contribution >= 4 is 11.4 Å². The number of likely N-dealkylation sites (tertiary alicyclic amines) is 1. The Morgan fingerprint density at radius 2 is 1.94 bits per heavy atom. The summed E-state index contributed by atoms with van der Waals surface area (Å²) in [6, 6.07) is 4.72. The molecule has 0 bridgehead atoms. The summed E-state index contributed by atoms with van der Waals surface area (Å²) in [5.74, 6) is 0. The first-order valence-electron chi connectivity index (χ1n) is 10.5. The number of nitrogens with one attached hydrogen (secondary N) is 1. The van der Waals surface area contributed by atoms with E-state index in [0.29, 0.717) is 30.2 Å². The van der Waals surface area contributed by atoms with Crippen LogP contribution in [0, 0.1) is 4.91 Å². The Hall–Kier alpha value is -2.44. The summed E-state index contributed by atoms with van der Waals surface area (Å²) < 4.78 is 1.56. The Balaban J connectivity index is 1.37. The zero-order valence-corrected chi connectivity index (χ0v) is 17.3. The first-order chi connectivity index (χ1) is 15.0. The average Bonchev–Trinajstić information content (AvgIpc) is 3.32. The highest BCUT2D eigenvalue weighted by Gasteiger charge is 2.40. The van der Waals surface area contributed by atoms with E-state index in [1.165, 1.54) is 0 Å². The van der Waals surface area contributed by atoms with Gasteiger partial charge in [-0.15, -0.1) is 10.0 Å². The van der Waals surface area contributed by atoms with Crippen LogP contribution in [0.25, 0.3) is 5.69 Å². The Kier molecular flexibility index (Phi) is 8.43. The molecule has 0 amide bonds. The van der Waals surface area contributed by atoms with Crippen LogP contribution in [0.5, 0.6) is 0 Å². The maximum atomic E-state index is 11.2. The van der Waals surface area contributed by atoms with Crippen molar-refractivity contribution in [3.63, 3.8) is 0 Å². The molecule has 0 radical (unpaired) electrons. The van der Waals surface area contributed by atoms with Gasteiger partial charge in [-0.05, 0) is 42.8 Å². The number of anilines is 1. The van der Waals surface area contributed by atoms with Crippen molar-refractivity contribution < 1.29 is 20.4 Å². The van der Waals surface area contributed by atoms with E-state index in [1.54, 1.807) is 29.2 Å². The molecule has 1 aliphatic heterocycles. The highest BCUT2D eigenvalue weighted by atomic mass is 16.4. The fraction of sp³-hybridized carbons (Fsp3) is 0.600. The molecule has 11 heteroatoms. The number of aliphatic hydroxyl groups is 4. The summed E-state index contributed by atoms with van der Waals surface area (Å²) in [5.41, 5.74) is 1.69. The zero-order chi connectivity index (χ0) is 22.2. The molecule has 1 saturated heterocycles. The fourth-order valence-electron chi connectivity index (χ4n) is 3.89. The molecule has 170 valence electrons. The molecule has 0 saturated carbocycles. The SMILES string of the molecule is O=Nc1cc(-n2ccnn2)ccc1NCCCCCCN1C[C@H](O)[C@@H](O)[C@H](O)[C@H]1CO. The number of hydrogen-bond acceptors (Lipinski definition) is 10. The van der Waals surface area contributed by atoms with Gasteiger partial charge in [0, 0.05) is 13.1 Å². The smallest absolute Gasteiger partial charge is 0.133 e. The van der Waals surface area contributed by atoms with Crippen molar-refractivity contribution in [2.45, 2.75) is 50.0 Å². The summed E-state index contributed by atoms with van der Waals surface area (Å²) in [6.45, 7) is 1.29. The first-order valence-corrected chi connectivity index (χ1v) is 10.5. The van der Waals surface area contributed by atoms with Crippen molar-refractivity contribution in [1.82, 2.24) is 19.9 Å². The molecule has 31 heavy (non-hydrogen) atoms. The summed E-state index contributed by atoms with van der Waals surface area (Å²) in [4.78, 5) is 13.0. The van der Waals surface area contributed by atoms with E-state index in [1.807, 2.05) is 11.0 Å². The second kappa shape index (κ2) is 11.3. The molecule has 1 aromatic carbocycles. The van der Waals surface area contributed by atoms with Gasteiger partial charge in [0.15, 0.2) is 0 Å². The average molecular weight is 434 g/mol. The third-order valence-electron chi connectivity index (χ3n) is 5.67. The quantitative estimate of drug-likeness (QED) is 0.249. The van der Waals surface area contributed by atoms with E-state index < -0.39 is 24.4 Å². The summed E-state index contributed by atoms with van der Waals surface area (Å²) in [7, 11) is 0. The highest BCUT2D eigenvalue weighted by molar-refractivity contribution is 5.68. The Bertz CT molecular complexity index is 820. The summed E-state index contributed by atoms with van der Waals surface area (Å²) in [6.07, 6.45) is 3.49. The van der Waals surface area contributed by atoms with Crippen LogP contribution in [0.1, 0.15) is 25.7 Å². The molecule has 2 heterocycles. The minimum Gasteiger partial charge on any atom is -0.395 e. The van der Waals surface area contributed by atoms with Gasteiger partial charge in [0.05, 0.1) is 42.5 Å². The lowest BCUT2D eigenvalue weighted by Gasteiger charge is -2.43. The van der Waals surface area contributed by atoms with Crippen LogP contribution in [0.3, 0.4) is 0 Å². The first kappa shape index (κ1) is 23.2. The van der Waals surface area contributed by atoms with Gasteiger partial charge in [-0.25, -0.2) is 4.68 Å². The molecule has 2 aromatic rings. The largest absolute Gasteiger partial charge is 0.395 e. The van der Waals surface area contributed by atoms with E-state index in [-0.39, 0.29) is 13.2 Å². The molecule has 1 fully saturated rings. The molecule has 3 rings (SSSR count). The van der Waals surface area contributed by atoms with Gasteiger partial charge >= 0.3 is 0 Å². The van der Waals surface area contributed by atoms with Crippen LogP contribution < -0.4 is 5.32 Å². The molecular formula is C20H30N6O5. The van der Waals surface area contributed by atoms with Gasteiger partial charge in [-0.3, -0.25) is 4.90 Å². The minimum atomic E-state index is -1.23. The van der Waals surface area contributed by atoms with E-state index in [2.05, 4.69) is 20.8 Å². The van der Waals surface area contributed by atoms with Gasteiger partial charge in [0.1, 0.15) is 17.9 Å². The monoisotopic (exact) mass is 434 g/mol. The van der Waals surface area contributed by atoms with Crippen molar-refractivity contribution in [3.8, 4) is 5.69 Å². The highest BCUT2D eigenvalue weighted by Crippen LogP contribution is 2.27. The standard InChI is InChI=1S/C20H30N6O5/c27-13-17-19(29)20(30)18(28)12-25(17)9-4-2-1-3-7-21-15-6-5-14(11-16(15)23-31)26-10-8-22-24-26/h5-6,8,10-11,17-21,27-30H,1-4,7,9,12-13H2/t17-,18+,19-,20-/m1/s1. The lowest BCUT2D eigenvalue weighted by molar-refractivity contribution is -0.145. The Morgan fingerprint density at radius 1 is 1.13 bits per heavy atom. The molecule has 1 aliphatic rings. The normalized spacial score (nSPS) is 24.3. The van der Waals surface area contributed by atoms with Crippen molar-refractivity contribution in [2.75, 3.05) is 31.6 Å². The number of aromatic nitrogens is 3. The number of unbranched alkanes of at least 4 members (excludes halogenated alkanes) is 3. The topological polar surface area (TPSA) is 156 Å². The van der Waals surface area contributed by atoms with Crippen LogP contribution in [0.15, 0.2) is 35.8 Å². The Morgan fingerprint density at radius 3 is 2.65 bits per heavy atom. The maximum Gasteiger partial charge on any atom is 0.133 e. The lowest BCUT2D eigenvalue weighted by atomic mass is 9.94. The van der Waals surface area contributed by atoms with Gasteiger partial charge in [0.2, 0.25) is 0 Å². The summed E-state index contributed by atoms with van der Waals surface area (Å²) >= 11 is 0. The fourth-order valence-corrected chi connectivity index (χ4v) is 3.89. The zero-order valence-electron chi connectivity index (χ0n) is 17.3. The Labute approximate surface area is 180 Å². The van der Waals surface area contributed by atoms with Crippen LogP contribution in [-0.2, 0) is 0 Å². The second-order valence-electron chi connectivity index (χ2n) is 7.77. The lowest BCUT2D eigenvalue weighted by Crippen LogP contribution is -2.62. The van der Waals surface area contributed by atoms with Crippen LogP contribution in [0.2, 0.25) is 0 Å². The van der Waals surface area contributed by atoms with Gasteiger partial charge in [-0.1, -0.05) is 18.1 Å². The number of β-amino-alcohol motifs (C(OH)–C–C–N with tert-alkyl or cyclic N) is 1. The number of piperidine rings is 1. The van der Waals surface area contributed by atoms with Crippen LogP contribution in [0.4, 0.5) is 11.4 Å².